The number of hydrogen-bond acceptors (Lipinski definition) is 6. The number of anilines is 1. The minimum Gasteiger partial charge on any atom is -0.377 e. The van der Waals surface area contributed by atoms with Crippen LogP contribution in [0.5, 0.6) is 0 Å². The molecule has 0 saturated carbocycles. The van der Waals surface area contributed by atoms with Crippen molar-refractivity contribution in [1.82, 2.24) is 24.5 Å². The molecule has 160 valence electrons. The van der Waals surface area contributed by atoms with Crippen molar-refractivity contribution in [2.24, 2.45) is 0 Å². The second kappa shape index (κ2) is 8.17. The predicted molar refractivity (Wildman–Crippen MR) is 116 cm³/mol. The molecule has 0 spiro atoms. The number of pyridine rings is 1. The van der Waals surface area contributed by atoms with E-state index in [1.165, 1.54) is 0 Å². The van der Waals surface area contributed by atoms with E-state index in [9.17, 15) is 0 Å². The highest BCUT2D eigenvalue weighted by Crippen LogP contribution is 2.37. The van der Waals surface area contributed by atoms with Crippen LogP contribution in [-0.2, 0) is 16.0 Å². The van der Waals surface area contributed by atoms with E-state index in [0.29, 0.717) is 18.4 Å². The van der Waals surface area contributed by atoms with Crippen molar-refractivity contribution in [3.63, 3.8) is 0 Å². The molecule has 0 aromatic carbocycles. The molecule has 2 aliphatic heterocycles. The Morgan fingerprint density at radius 1 is 1.27 bits per heavy atom. The lowest BCUT2D eigenvalue weighted by Gasteiger charge is -2.35. The summed E-state index contributed by atoms with van der Waals surface area (Å²) in [5, 5.41) is 9.97. The maximum Gasteiger partial charge on any atom is 0.150 e. The van der Waals surface area contributed by atoms with Crippen molar-refractivity contribution in [3.05, 3.63) is 23.5 Å². The number of aromatic nitrogens is 5. The smallest absolute Gasteiger partial charge is 0.150 e. The summed E-state index contributed by atoms with van der Waals surface area (Å²) in [6.45, 7) is 7.97. The molecular formula is C21H27ClN6O2. The molecule has 0 bridgehead atoms. The summed E-state index contributed by atoms with van der Waals surface area (Å²) in [4.78, 5) is 7.06. The van der Waals surface area contributed by atoms with Gasteiger partial charge in [0.05, 0.1) is 24.6 Å². The van der Waals surface area contributed by atoms with E-state index in [4.69, 9.17) is 31.2 Å². The molecule has 0 amide bonds. The first-order valence-electron chi connectivity index (χ1n) is 10.7. The van der Waals surface area contributed by atoms with Crippen LogP contribution in [0.3, 0.4) is 0 Å². The summed E-state index contributed by atoms with van der Waals surface area (Å²) in [5.74, 6) is 0. The van der Waals surface area contributed by atoms with E-state index in [-0.39, 0.29) is 12.3 Å². The van der Waals surface area contributed by atoms with Crippen molar-refractivity contribution >= 4 is 28.3 Å². The molecule has 9 heteroatoms. The second-order valence-corrected chi connectivity index (χ2v) is 8.31. The Morgan fingerprint density at radius 2 is 2.17 bits per heavy atom. The van der Waals surface area contributed by atoms with E-state index in [1.807, 2.05) is 21.5 Å². The van der Waals surface area contributed by atoms with Gasteiger partial charge in [-0.15, -0.1) is 0 Å². The van der Waals surface area contributed by atoms with Crippen LogP contribution in [-0.4, -0.2) is 57.0 Å². The Labute approximate surface area is 180 Å². The second-order valence-electron chi connectivity index (χ2n) is 7.93. The molecule has 2 aliphatic rings. The van der Waals surface area contributed by atoms with E-state index in [1.54, 1.807) is 6.20 Å². The number of ether oxygens (including phenoxy) is 2. The van der Waals surface area contributed by atoms with Crippen molar-refractivity contribution in [3.8, 4) is 11.4 Å². The van der Waals surface area contributed by atoms with Crippen LogP contribution in [0, 0.1) is 0 Å². The minimum absolute atomic E-state index is 0.0662. The lowest BCUT2D eigenvalue weighted by molar-refractivity contribution is -0.0384. The predicted octanol–water partition coefficient (Wildman–Crippen LogP) is 3.89. The number of fused-ring (bicyclic) bond motifs is 1. The Balaban J connectivity index is 1.67. The number of halogens is 1. The minimum atomic E-state index is -0.0662. The van der Waals surface area contributed by atoms with Crippen molar-refractivity contribution in [1.29, 1.82) is 0 Å². The Kier molecular flexibility index (Phi) is 5.39. The molecule has 3 aromatic heterocycles. The maximum atomic E-state index is 6.51. The van der Waals surface area contributed by atoms with Crippen LogP contribution >= 0.6 is 11.6 Å². The fraction of sp³-hybridized carbons (Fsp3) is 0.571. The van der Waals surface area contributed by atoms with Crippen LogP contribution < -0.4 is 4.90 Å². The molecule has 8 nitrogen and oxygen atoms in total. The fourth-order valence-corrected chi connectivity index (χ4v) is 4.67. The molecule has 2 fully saturated rings. The molecular weight excluding hydrogens is 404 g/mol. The third-order valence-electron chi connectivity index (χ3n) is 5.96. The van der Waals surface area contributed by atoms with Crippen LogP contribution in [0.4, 0.5) is 5.69 Å². The molecule has 5 heterocycles. The first-order valence-corrected chi connectivity index (χ1v) is 11.1. The van der Waals surface area contributed by atoms with Gasteiger partial charge in [-0.2, -0.15) is 10.2 Å². The Bertz CT molecular complexity index is 1040. The van der Waals surface area contributed by atoms with E-state index >= 15 is 0 Å². The van der Waals surface area contributed by atoms with E-state index in [0.717, 1.165) is 67.1 Å². The number of hydrogen-bond donors (Lipinski definition) is 0. The largest absolute Gasteiger partial charge is 0.377 e. The van der Waals surface area contributed by atoms with Gasteiger partial charge < -0.3 is 14.4 Å². The number of morpholine rings is 1. The molecule has 0 N–H and O–H groups in total. The highest BCUT2D eigenvalue weighted by atomic mass is 35.5. The SMILES string of the molecule is CCn1nc(-c2ccnn2C2CCCCO2)c2nc(Cl)cc(N3CCOC[C@H]3C)c21. The zero-order valence-electron chi connectivity index (χ0n) is 17.4. The molecule has 2 saturated heterocycles. The van der Waals surface area contributed by atoms with E-state index in [2.05, 4.69) is 23.8 Å². The lowest BCUT2D eigenvalue weighted by Crippen LogP contribution is -2.44. The monoisotopic (exact) mass is 430 g/mol. The number of nitrogens with zero attached hydrogens (tertiary/aromatic N) is 6. The number of aryl methyl sites for hydroxylation is 1. The highest BCUT2D eigenvalue weighted by molar-refractivity contribution is 6.30. The third kappa shape index (κ3) is 3.36. The van der Waals surface area contributed by atoms with Gasteiger partial charge in [-0.25, -0.2) is 9.67 Å². The first kappa shape index (κ1) is 19.8. The zero-order valence-corrected chi connectivity index (χ0v) is 18.2. The molecule has 1 unspecified atom stereocenters. The Hall–Kier alpha value is -2.16. The van der Waals surface area contributed by atoms with Crippen LogP contribution in [0.1, 0.15) is 39.3 Å². The van der Waals surface area contributed by atoms with Crippen LogP contribution in [0.2, 0.25) is 5.15 Å². The van der Waals surface area contributed by atoms with Crippen LogP contribution in [0.25, 0.3) is 22.4 Å². The van der Waals surface area contributed by atoms with Gasteiger partial charge in [0.2, 0.25) is 0 Å². The van der Waals surface area contributed by atoms with Gasteiger partial charge in [0.15, 0.2) is 6.23 Å². The molecule has 2 atom stereocenters. The highest BCUT2D eigenvalue weighted by Gasteiger charge is 2.28. The number of rotatable bonds is 4. The van der Waals surface area contributed by atoms with Gasteiger partial charge in [0, 0.05) is 38.0 Å². The molecule has 30 heavy (non-hydrogen) atoms. The molecule has 0 radical (unpaired) electrons. The standard InChI is InChI=1S/C21H27ClN6O2/c1-3-27-21-16(26-9-11-29-13-14(26)2)12-17(22)24-20(21)19(25-27)15-7-8-23-28(15)18-6-4-5-10-30-18/h7-8,12,14,18H,3-6,9-11,13H2,1-2H3/t14-,18?/m1/s1. The Morgan fingerprint density at radius 3 is 2.93 bits per heavy atom. The van der Waals surface area contributed by atoms with Gasteiger partial charge in [-0.3, -0.25) is 4.68 Å². The van der Waals surface area contributed by atoms with Gasteiger partial charge >= 0.3 is 0 Å². The van der Waals surface area contributed by atoms with Crippen molar-refractivity contribution < 1.29 is 9.47 Å². The first-order chi connectivity index (χ1) is 14.7. The van der Waals surface area contributed by atoms with Crippen molar-refractivity contribution in [2.45, 2.75) is 51.9 Å². The molecule has 5 rings (SSSR count). The quantitative estimate of drug-likeness (QED) is 0.585. The molecule has 3 aromatic rings. The maximum absolute atomic E-state index is 6.51. The van der Waals surface area contributed by atoms with Crippen molar-refractivity contribution in [2.75, 3.05) is 31.3 Å². The topological polar surface area (TPSA) is 70.2 Å². The van der Waals surface area contributed by atoms with Gasteiger partial charge in [0.1, 0.15) is 21.9 Å². The summed E-state index contributed by atoms with van der Waals surface area (Å²) < 4.78 is 15.6. The fourth-order valence-electron chi connectivity index (χ4n) is 4.49. The average Bonchev–Trinajstić information content (AvgIpc) is 3.38. The normalized spacial score (nSPS) is 22.7. The van der Waals surface area contributed by atoms with Gasteiger partial charge in [-0.1, -0.05) is 11.6 Å². The lowest BCUT2D eigenvalue weighted by atomic mass is 10.1. The third-order valence-corrected chi connectivity index (χ3v) is 6.16. The summed E-state index contributed by atoms with van der Waals surface area (Å²) >= 11 is 6.51. The van der Waals surface area contributed by atoms with Gasteiger partial charge in [0.25, 0.3) is 0 Å². The summed E-state index contributed by atoms with van der Waals surface area (Å²) in [6, 6.07) is 4.19. The summed E-state index contributed by atoms with van der Waals surface area (Å²) in [6.07, 6.45) is 4.92. The summed E-state index contributed by atoms with van der Waals surface area (Å²) in [5.41, 5.74) is 4.57. The average molecular weight is 431 g/mol. The van der Waals surface area contributed by atoms with E-state index < -0.39 is 0 Å². The summed E-state index contributed by atoms with van der Waals surface area (Å²) in [7, 11) is 0. The molecule has 0 aliphatic carbocycles. The van der Waals surface area contributed by atoms with Crippen LogP contribution in [0.15, 0.2) is 18.3 Å². The zero-order chi connectivity index (χ0) is 20.7. The van der Waals surface area contributed by atoms with Gasteiger partial charge in [-0.05, 0) is 39.2 Å².